The number of fused-ring (bicyclic) bond motifs is 1. The Morgan fingerprint density at radius 3 is 2.19 bits per heavy atom. The summed E-state index contributed by atoms with van der Waals surface area (Å²) in [5.74, 6) is -0.199. The van der Waals surface area contributed by atoms with Crippen LogP contribution >= 0.6 is 23.2 Å². The molecule has 37 heavy (non-hydrogen) atoms. The molecule has 1 amide bonds. The molecule has 1 heterocycles. The first-order valence-electron chi connectivity index (χ1n) is 11.9. The monoisotopic (exact) mass is 516 g/mol. The number of halogens is 2. The molecule has 6 aromatic carbocycles. The largest absolute Gasteiger partial charge is 0.321 e. The lowest BCUT2D eigenvalue weighted by Gasteiger charge is -2.15. The summed E-state index contributed by atoms with van der Waals surface area (Å²) < 4.78 is 0. The van der Waals surface area contributed by atoms with E-state index in [-0.39, 0.29) is 5.91 Å². The predicted molar refractivity (Wildman–Crippen MR) is 155 cm³/mol. The normalized spacial score (nSPS) is 11.6. The summed E-state index contributed by atoms with van der Waals surface area (Å²) in [5.41, 5.74) is 3.48. The van der Waals surface area contributed by atoms with Gasteiger partial charge in [-0.25, -0.2) is 4.98 Å². The van der Waals surface area contributed by atoms with Crippen LogP contribution in [0.3, 0.4) is 0 Å². The van der Waals surface area contributed by atoms with Crippen molar-refractivity contribution in [2.75, 3.05) is 5.32 Å². The molecule has 0 bridgehead atoms. The third kappa shape index (κ3) is 3.59. The van der Waals surface area contributed by atoms with Crippen molar-refractivity contribution >= 4 is 78.0 Å². The van der Waals surface area contributed by atoms with Crippen LogP contribution in [0.4, 0.5) is 5.69 Å². The average molecular weight is 517 g/mol. The second-order valence-corrected chi connectivity index (χ2v) is 9.94. The minimum Gasteiger partial charge on any atom is -0.321 e. The van der Waals surface area contributed by atoms with Crippen molar-refractivity contribution in [1.29, 1.82) is 0 Å². The van der Waals surface area contributed by atoms with Gasteiger partial charge < -0.3 is 5.32 Å². The smallest absolute Gasteiger partial charge is 0.256 e. The van der Waals surface area contributed by atoms with Gasteiger partial charge in [-0.15, -0.1) is 0 Å². The number of benzene rings is 6. The number of rotatable bonds is 3. The van der Waals surface area contributed by atoms with Gasteiger partial charge in [0.1, 0.15) is 0 Å². The molecular formula is C32H18Cl2N2O. The van der Waals surface area contributed by atoms with Crippen molar-refractivity contribution in [1.82, 2.24) is 4.98 Å². The van der Waals surface area contributed by atoms with E-state index >= 15 is 0 Å². The predicted octanol–water partition coefficient (Wildman–Crippen LogP) is 9.36. The SMILES string of the molecule is O=C(Nc1ccc2ccc3cccc4ccc1c2c34)c1cc(-c2ccc(Cl)c(Cl)c2)nc2ccccc12. The zero-order valence-electron chi connectivity index (χ0n) is 19.4. The molecule has 0 aliphatic carbocycles. The highest BCUT2D eigenvalue weighted by Crippen LogP contribution is 2.38. The summed E-state index contributed by atoms with van der Waals surface area (Å²) in [6, 6.07) is 33.7. The van der Waals surface area contributed by atoms with Crippen molar-refractivity contribution in [3.63, 3.8) is 0 Å². The molecule has 1 N–H and O–H groups in total. The number of hydrogen-bond acceptors (Lipinski definition) is 2. The van der Waals surface area contributed by atoms with E-state index in [9.17, 15) is 4.79 Å². The van der Waals surface area contributed by atoms with E-state index in [1.807, 2.05) is 42.5 Å². The molecule has 0 radical (unpaired) electrons. The Hall–Kier alpha value is -4.18. The number of nitrogens with one attached hydrogen (secondary N) is 1. The molecule has 0 spiro atoms. The topological polar surface area (TPSA) is 42.0 Å². The van der Waals surface area contributed by atoms with Gasteiger partial charge >= 0.3 is 0 Å². The molecular weight excluding hydrogens is 499 g/mol. The number of hydrogen-bond donors (Lipinski definition) is 1. The fourth-order valence-corrected chi connectivity index (χ4v) is 5.50. The second kappa shape index (κ2) is 8.45. The molecule has 0 fully saturated rings. The first-order chi connectivity index (χ1) is 18.1. The zero-order valence-corrected chi connectivity index (χ0v) is 20.9. The quantitative estimate of drug-likeness (QED) is 0.237. The molecule has 7 aromatic rings. The van der Waals surface area contributed by atoms with E-state index in [1.54, 1.807) is 12.1 Å². The maximum absolute atomic E-state index is 13.8. The van der Waals surface area contributed by atoms with Crippen molar-refractivity contribution < 1.29 is 4.79 Å². The number of pyridine rings is 1. The van der Waals surface area contributed by atoms with Gasteiger partial charge in [-0.1, -0.05) is 96.0 Å². The Balaban J connectivity index is 1.38. The minimum absolute atomic E-state index is 0.199. The van der Waals surface area contributed by atoms with Gasteiger partial charge in [-0.05, 0) is 57.3 Å². The Labute approximate surface area is 222 Å². The summed E-state index contributed by atoms with van der Waals surface area (Å²) in [5, 5.41) is 11.8. The van der Waals surface area contributed by atoms with Crippen LogP contribution in [0.2, 0.25) is 10.0 Å². The number of nitrogens with zero attached hydrogens (tertiary/aromatic N) is 1. The van der Waals surface area contributed by atoms with Crippen molar-refractivity contribution in [3.8, 4) is 11.3 Å². The highest BCUT2D eigenvalue weighted by atomic mass is 35.5. The molecule has 3 nitrogen and oxygen atoms in total. The molecule has 0 saturated carbocycles. The third-order valence-corrected chi connectivity index (χ3v) is 7.69. The summed E-state index contributed by atoms with van der Waals surface area (Å²) >= 11 is 12.4. The highest BCUT2D eigenvalue weighted by Gasteiger charge is 2.17. The van der Waals surface area contributed by atoms with Gasteiger partial charge in [0.05, 0.1) is 26.8 Å². The van der Waals surface area contributed by atoms with Gasteiger partial charge in [0.25, 0.3) is 5.91 Å². The lowest BCUT2D eigenvalue weighted by Crippen LogP contribution is -2.13. The van der Waals surface area contributed by atoms with Crippen LogP contribution in [-0.4, -0.2) is 10.9 Å². The van der Waals surface area contributed by atoms with Gasteiger partial charge in [-0.3, -0.25) is 4.79 Å². The Morgan fingerprint density at radius 2 is 1.38 bits per heavy atom. The molecule has 0 saturated heterocycles. The Morgan fingerprint density at radius 1 is 0.649 bits per heavy atom. The number of carbonyl (C=O) groups excluding carboxylic acids is 1. The molecule has 0 aliphatic rings. The lowest BCUT2D eigenvalue weighted by atomic mass is 9.93. The van der Waals surface area contributed by atoms with Crippen LogP contribution in [-0.2, 0) is 0 Å². The number of amides is 1. The molecule has 7 rings (SSSR count). The maximum Gasteiger partial charge on any atom is 0.256 e. The van der Waals surface area contributed by atoms with Crippen molar-refractivity contribution in [2.24, 2.45) is 0 Å². The number of aromatic nitrogens is 1. The van der Waals surface area contributed by atoms with Gasteiger partial charge in [0.2, 0.25) is 0 Å². The fourth-order valence-electron chi connectivity index (χ4n) is 5.20. The van der Waals surface area contributed by atoms with E-state index in [0.717, 1.165) is 38.3 Å². The van der Waals surface area contributed by atoms with Crippen LogP contribution in [0.25, 0.3) is 54.5 Å². The molecule has 0 unspecified atom stereocenters. The van der Waals surface area contributed by atoms with E-state index in [2.05, 4.69) is 53.8 Å². The van der Waals surface area contributed by atoms with Crippen LogP contribution in [0.5, 0.6) is 0 Å². The first kappa shape index (κ1) is 22.1. The van der Waals surface area contributed by atoms with E-state index in [0.29, 0.717) is 21.3 Å². The standard InChI is InChI=1S/C32H18Cl2N2O/c33-25-14-11-21(16-26(25)34)29-17-24(22-6-1-2-7-27(22)35-29)32(37)36-28-15-12-20-9-8-18-4-3-5-19-10-13-23(28)31(20)30(18)19/h1-17H,(H,36,37). The van der Waals surface area contributed by atoms with Crippen LogP contribution in [0, 0.1) is 0 Å². The fraction of sp³-hybridized carbons (Fsp3) is 0. The van der Waals surface area contributed by atoms with Crippen LogP contribution in [0.1, 0.15) is 10.4 Å². The van der Waals surface area contributed by atoms with Gasteiger partial charge in [0, 0.05) is 22.0 Å². The minimum atomic E-state index is -0.199. The number of para-hydroxylation sites is 1. The van der Waals surface area contributed by atoms with Crippen molar-refractivity contribution in [3.05, 3.63) is 119 Å². The lowest BCUT2D eigenvalue weighted by molar-refractivity contribution is 0.102. The highest BCUT2D eigenvalue weighted by molar-refractivity contribution is 6.42. The summed E-state index contributed by atoms with van der Waals surface area (Å²) in [6.45, 7) is 0. The van der Waals surface area contributed by atoms with E-state index < -0.39 is 0 Å². The van der Waals surface area contributed by atoms with Gasteiger partial charge in [-0.2, -0.15) is 0 Å². The number of carbonyl (C=O) groups is 1. The molecule has 0 atom stereocenters. The first-order valence-corrected chi connectivity index (χ1v) is 12.7. The van der Waals surface area contributed by atoms with E-state index in [4.69, 9.17) is 28.2 Å². The van der Waals surface area contributed by atoms with Crippen molar-refractivity contribution in [2.45, 2.75) is 0 Å². The number of anilines is 1. The van der Waals surface area contributed by atoms with Crippen LogP contribution < -0.4 is 5.32 Å². The van der Waals surface area contributed by atoms with Crippen LogP contribution in [0.15, 0.2) is 103 Å². The summed E-state index contributed by atoms with van der Waals surface area (Å²) in [7, 11) is 0. The van der Waals surface area contributed by atoms with E-state index in [1.165, 1.54) is 16.2 Å². The summed E-state index contributed by atoms with van der Waals surface area (Å²) in [6.07, 6.45) is 0. The second-order valence-electron chi connectivity index (χ2n) is 9.12. The zero-order chi connectivity index (χ0) is 25.1. The van der Waals surface area contributed by atoms with Gasteiger partial charge in [0.15, 0.2) is 0 Å². The maximum atomic E-state index is 13.8. The molecule has 5 heteroatoms. The Kier molecular flexibility index (Phi) is 5.03. The summed E-state index contributed by atoms with van der Waals surface area (Å²) in [4.78, 5) is 18.6. The third-order valence-electron chi connectivity index (χ3n) is 6.95. The molecule has 176 valence electrons. The molecule has 0 aliphatic heterocycles. The molecule has 1 aromatic heterocycles. The Bertz CT molecular complexity index is 2000. The average Bonchev–Trinajstić information content (AvgIpc) is 2.93.